The normalized spacial score (nSPS) is 63.4. The third-order valence-electron chi connectivity index (χ3n) is 11.8. The van der Waals surface area contributed by atoms with Crippen molar-refractivity contribution in [1.82, 2.24) is 4.90 Å². The number of likely N-dealkylation sites (tertiary alicyclic amines) is 1. The largest absolute Gasteiger partial charge is 0.389 e. The monoisotopic (exact) mass is 449 g/mol. The van der Waals surface area contributed by atoms with Gasteiger partial charge in [0.25, 0.3) is 0 Å². The summed E-state index contributed by atoms with van der Waals surface area (Å²) in [7, 11) is 7.36. The predicted molar refractivity (Wildman–Crippen MR) is 115 cm³/mol. The SMILES string of the molecule is CCN1CC2(COC)CCC(OC)C34C5CC6C7OC6(OC)CC(O)(C75)C(C(OC)C23)C14. The second-order valence-corrected chi connectivity index (χ2v) is 12.0. The van der Waals surface area contributed by atoms with Crippen molar-refractivity contribution in [2.24, 2.45) is 40.4 Å². The second kappa shape index (κ2) is 6.28. The molecule has 7 fully saturated rings. The van der Waals surface area contributed by atoms with Crippen molar-refractivity contribution in [3.05, 3.63) is 0 Å². The van der Waals surface area contributed by atoms with Gasteiger partial charge >= 0.3 is 0 Å². The van der Waals surface area contributed by atoms with Gasteiger partial charge < -0.3 is 28.8 Å². The highest BCUT2D eigenvalue weighted by Crippen LogP contribution is 2.82. The van der Waals surface area contributed by atoms with Crippen LogP contribution in [0.3, 0.4) is 0 Å². The number of piperidine rings is 1. The molecule has 13 atom stereocenters. The minimum absolute atomic E-state index is 0.00916. The van der Waals surface area contributed by atoms with Crippen LogP contribution in [0.1, 0.15) is 32.6 Å². The van der Waals surface area contributed by atoms with E-state index in [2.05, 4.69) is 11.8 Å². The molecule has 3 saturated heterocycles. The lowest BCUT2D eigenvalue weighted by atomic mass is 9.43. The summed E-state index contributed by atoms with van der Waals surface area (Å²) in [6.45, 7) is 5.01. The number of nitrogens with zero attached hydrogens (tertiary/aromatic N) is 1. The first kappa shape index (κ1) is 21.0. The molecule has 1 spiro atoms. The van der Waals surface area contributed by atoms with Crippen LogP contribution in [0.5, 0.6) is 0 Å². The second-order valence-electron chi connectivity index (χ2n) is 12.0. The van der Waals surface area contributed by atoms with Gasteiger partial charge in [-0.3, -0.25) is 4.90 Å². The minimum Gasteiger partial charge on any atom is -0.389 e. The van der Waals surface area contributed by atoms with Crippen LogP contribution in [0, 0.1) is 40.4 Å². The zero-order valence-corrected chi connectivity index (χ0v) is 20.1. The van der Waals surface area contributed by atoms with Crippen LogP contribution in [-0.4, -0.2) is 93.9 Å². The highest BCUT2D eigenvalue weighted by atomic mass is 16.7. The zero-order chi connectivity index (χ0) is 22.3. The van der Waals surface area contributed by atoms with Gasteiger partial charge in [-0.05, 0) is 31.7 Å². The van der Waals surface area contributed by atoms with Crippen molar-refractivity contribution in [2.75, 3.05) is 48.1 Å². The molecule has 7 bridgehead atoms. The molecule has 13 unspecified atom stereocenters. The Morgan fingerprint density at radius 1 is 1.09 bits per heavy atom. The van der Waals surface area contributed by atoms with Crippen molar-refractivity contribution in [1.29, 1.82) is 0 Å². The predicted octanol–water partition coefficient (Wildman–Crippen LogP) is 1.52. The molecule has 32 heavy (non-hydrogen) atoms. The van der Waals surface area contributed by atoms with E-state index in [1.807, 2.05) is 21.3 Å². The molecular formula is C25H39NO6. The van der Waals surface area contributed by atoms with E-state index >= 15 is 0 Å². The van der Waals surface area contributed by atoms with Crippen LogP contribution in [-0.2, 0) is 23.7 Å². The van der Waals surface area contributed by atoms with Crippen molar-refractivity contribution < 1.29 is 28.8 Å². The highest BCUT2D eigenvalue weighted by Gasteiger charge is 2.90. The Bertz CT molecular complexity index is 826. The molecule has 7 heteroatoms. The smallest absolute Gasteiger partial charge is 0.176 e. The quantitative estimate of drug-likeness (QED) is 0.659. The van der Waals surface area contributed by atoms with E-state index in [4.69, 9.17) is 23.7 Å². The summed E-state index contributed by atoms with van der Waals surface area (Å²) in [5, 5.41) is 12.7. The van der Waals surface area contributed by atoms with Crippen LogP contribution in [0.15, 0.2) is 0 Å². The van der Waals surface area contributed by atoms with Gasteiger partial charge in [0, 0.05) is 81.9 Å². The third-order valence-corrected chi connectivity index (χ3v) is 11.8. The first-order chi connectivity index (χ1) is 15.4. The molecule has 0 aromatic heterocycles. The maximum Gasteiger partial charge on any atom is 0.176 e. The van der Waals surface area contributed by atoms with Crippen LogP contribution < -0.4 is 0 Å². The number of aliphatic hydroxyl groups is 1. The Labute approximate surface area is 191 Å². The van der Waals surface area contributed by atoms with E-state index in [0.717, 1.165) is 39.0 Å². The zero-order valence-electron chi connectivity index (χ0n) is 20.1. The molecule has 0 radical (unpaired) electrons. The first-order valence-electron chi connectivity index (χ1n) is 12.7. The van der Waals surface area contributed by atoms with Gasteiger partial charge in [-0.25, -0.2) is 0 Å². The Kier molecular flexibility index (Phi) is 4.13. The average Bonchev–Trinajstić information content (AvgIpc) is 3.18. The summed E-state index contributed by atoms with van der Waals surface area (Å²) in [6.07, 6.45) is 4.02. The molecular weight excluding hydrogens is 410 g/mol. The van der Waals surface area contributed by atoms with Gasteiger partial charge in [0.15, 0.2) is 5.79 Å². The van der Waals surface area contributed by atoms with Crippen LogP contribution in [0.2, 0.25) is 0 Å². The molecule has 0 aromatic carbocycles. The molecule has 180 valence electrons. The number of hydrogen-bond acceptors (Lipinski definition) is 7. The number of methoxy groups -OCH3 is 4. The standard InChI is InChI=1S/C25H39NO6/c1-6-26-11-22(12-28-2)8-7-15(29-3)25-13-9-14-18-16(13)23(27,10-24(14,31-5)32-18)17(21(25)26)19(30-4)20(22)25/h13-21,27H,6-12H2,1-5H3. The Morgan fingerprint density at radius 2 is 1.91 bits per heavy atom. The molecule has 0 amide bonds. The highest BCUT2D eigenvalue weighted by molar-refractivity contribution is 5.37. The summed E-state index contributed by atoms with van der Waals surface area (Å²) < 4.78 is 31.2. The Morgan fingerprint density at radius 3 is 2.56 bits per heavy atom. The number of hydrogen-bond donors (Lipinski definition) is 1. The van der Waals surface area contributed by atoms with E-state index in [0.29, 0.717) is 24.2 Å². The fraction of sp³-hybridized carbons (Fsp3) is 1.00. The Balaban J connectivity index is 1.50. The number of fused-ring (bicyclic) bond motifs is 3. The molecule has 4 saturated carbocycles. The lowest BCUT2D eigenvalue weighted by Crippen LogP contribution is -2.79. The van der Waals surface area contributed by atoms with Crippen molar-refractivity contribution >= 4 is 0 Å². The summed E-state index contributed by atoms with van der Waals surface area (Å²) in [5.41, 5.74) is -0.854. The summed E-state index contributed by atoms with van der Waals surface area (Å²) in [6, 6.07) is 0.258. The van der Waals surface area contributed by atoms with Crippen molar-refractivity contribution in [2.45, 2.75) is 68.3 Å². The third kappa shape index (κ3) is 1.86. The average molecular weight is 450 g/mol. The maximum absolute atomic E-state index is 12.7. The van der Waals surface area contributed by atoms with Crippen molar-refractivity contribution in [3.8, 4) is 0 Å². The minimum atomic E-state index is -0.834. The van der Waals surface area contributed by atoms with Crippen LogP contribution >= 0.6 is 0 Å². The van der Waals surface area contributed by atoms with E-state index in [1.54, 1.807) is 7.11 Å². The molecule has 1 N–H and O–H groups in total. The van der Waals surface area contributed by atoms with Gasteiger partial charge in [0.05, 0.1) is 30.5 Å². The fourth-order valence-corrected chi connectivity index (χ4v) is 11.4. The molecule has 7 nitrogen and oxygen atoms in total. The molecule has 3 aliphatic heterocycles. The first-order valence-corrected chi connectivity index (χ1v) is 12.7. The van der Waals surface area contributed by atoms with Crippen LogP contribution in [0.25, 0.3) is 0 Å². The van der Waals surface area contributed by atoms with E-state index in [-0.39, 0.29) is 47.0 Å². The molecule has 4 aliphatic carbocycles. The van der Waals surface area contributed by atoms with Crippen LogP contribution in [0.4, 0.5) is 0 Å². The van der Waals surface area contributed by atoms with Gasteiger partial charge in [-0.1, -0.05) is 6.92 Å². The van der Waals surface area contributed by atoms with Gasteiger partial charge in [0.2, 0.25) is 0 Å². The van der Waals surface area contributed by atoms with E-state index < -0.39 is 11.4 Å². The Hall–Kier alpha value is -0.280. The summed E-state index contributed by atoms with van der Waals surface area (Å²) in [4.78, 5) is 2.68. The maximum atomic E-state index is 12.7. The summed E-state index contributed by atoms with van der Waals surface area (Å²) in [5.74, 6) is 0.601. The lowest BCUT2D eigenvalue weighted by Gasteiger charge is -2.70. The fourth-order valence-electron chi connectivity index (χ4n) is 11.4. The van der Waals surface area contributed by atoms with Gasteiger partial charge in [-0.2, -0.15) is 0 Å². The number of rotatable bonds is 6. The lowest BCUT2D eigenvalue weighted by molar-refractivity contribution is -0.434. The van der Waals surface area contributed by atoms with Gasteiger partial charge in [0.1, 0.15) is 0 Å². The van der Waals surface area contributed by atoms with E-state index in [9.17, 15) is 5.11 Å². The van der Waals surface area contributed by atoms with Crippen molar-refractivity contribution in [3.63, 3.8) is 0 Å². The van der Waals surface area contributed by atoms with Gasteiger partial charge in [-0.15, -0.1) is 0 Å². The summed E-state index contributed by atoms with van der Waals surface area (Å²) >= 11 is 0. The molecule has 7 rings (SSSR count). The number of ether oxygens (including phenoxy) is 5. The molecule has 7 aliphatic rings. The molecule has 0 aromatic rings. The van der Waals surface area contributed by atoms with E-state index in [1.165, 1.54) is 0 Å². The topological polar surface area (TPSA) is 69.6 Å². The molecule has 3 heterocycles.